The summed E-state index contributed by atoms with van der Waals surface area (Å²) in [4.78, 5) is 29.3. The van der Waals surface area contributed by atoms with Crippen LogP contribution in [0, 0.1) is 0 Å². The fraction of sp³-hybridized carbons (Fsp3) is 0.242. The minimum atomic E-state index is -4.76. The van der Waals surface area contributed by atoms with Gasteiger partial charge in [0.2, 0.25) is 0 Å². The van der Waals surface area contributed by atoms with E-state index in [1.807, 2.05) is 0 Å². The second-order valence-corrected chi connectivity index (χ2v) is 15.8. The third-order valence-corrected chi connectivity index (χ3v) is 9.36. The number of benzene rings is 3. The zero-order valence-electron chi connectivity index (χ0n) is 27.9. The quantitative estimate of drug-likeness (QED) is 0.126. The molecule has 13 nitrogen and oxygen atoms in total. The Kier molecular flexibility index (Phi) is 11.8. The summed E-state index contributed by atoms with van der Waals surface area (Å²) in [5, 5.41) is 23.9. The van der Waals surface area contributed by atoms with Crippen LogP contribution in [0.3, 0.4) is 0 Å². The van der Waals surface area contributed by atoms with Gasteiger partial charge < -0.3 is 29.4 Å². The molecule has 0 unspecified atom stereocenters. The SMILES string of the molecule is CC1(C)C=C(CS(=O)(=O)[O-])c2cc3c(cc2=N1)Oc1cc2c(cc1C=3c1cc(C(=O)O)ccc1C(=O)O)C(CS(=O)(=O)[O-])=CC(C)(C)N2.[K+].[K+]. The molecule has 3 aromatic rings. The van der Waals surface area contributed by atoms with Gasteiger partial charge in [0.05, 0.1) is 59.3 Å². The number of carboxylic acids is 2. The molecule has 0 amide bonds. The fourth-order valence-electron chi connectivity index (χ4n) is 6.41. The molecule has 17 heteroatoms. The van der Waals surface area contributed by atoms with Crippen LogP contribution in [-0.2, 0) is 20.2 Å². The van der Waals surface area contributed by atoms with Crippen LogP contribution in [0.25, 0.3) is 16.7 Å². The van der Waals surface area contributed by atoms with E-state index < -0.39 is 54.8 Å². The van der Waals surface area contributed by atoms with Crippen LogP contribution in [0.15, 0.2) is 59.6 Å². The summed E-state index contributed by atoms with van der Waals surface area (Å²) < 4.78 is 78.0. The first kappa shape index (κ1) is 41.2. The molecule has 250 valence electrons. The number of nitrogens with one attached hydrogen (secondary N) is 1. The van der Waals surface area contributed by atoms with Gasteiger partial charge in [-0.15, -0.1) is 0 Å². The predicted molar refractivity (Wildman–Crippen MR) is 173 cm³/mol. The van der Waals surface area contributed by atoms with E-state index >= 15 is 0 Å². The first-order valence-electron chi connectivity index (χ1n) is 14.4. The standard InChI is InChI=1S/C33H30N2O11S2.2K/c1-32(2)12-17(14-47(40,41)42)20-8-23-27(10-25(20)34-32)46-28-11-26-21(18(15-48(43,44)45)13-33(3,4)35-26)9-24(28)29(23)22-7-16(30(36)37)5-6-19(22)31(38)39;;/h5-13,34H,14-15H2,1-4H3,(H,36,37)(H,38,39)(H,40,41,42)(H,43,44,45);;/q;2*+1/p-2. The van der Waals surface area contributed by atoms with Crippen LogP contribution < -0.4 is 123 Å². The number of hydrogen-bond acceptors (Lipinski definition) is 11. The maximum atomic E-state index is 12.6. The summed E-state index contributed by atoms with van der Waals surface area (Å²) in [6.07, 6.45) is 3.15. The molecular weight excluding hydrogens is 743 g/mol. The van der Waals surface area contributed by atoms with E-state index in [9.17, 15) is 45.7 Å². The molecular formula is C33H28K2N2O11S2. The number of rotatable bonds is 7. The first-order valence-corrected chi connectivity index (χ1v) is 17.6. The molecule has 3 heterocycles. The van der Waals surface area contributed by atoms with Crippen molar-refractivity contribution in [1.29, 1.82) is 0 Å². The van der Waals surface area contributed by atoms with Gasteiger partial charge in [-0.05, 0) is 74.7 Å². The molecule has 0 aromatic heterocycles. The van der Waals surface area contributed by atoms with Gasteiger partial charge in [-0.25, -0.2) is 26.4 Å². The van der Waals surface area contributed by atoms with E-state index in [1.54, 1.807) is 45.9 Å². The second-order valence-electron chi connectivity index (χ2n) is 13.0. The van der Waals surface area contributed by atoms with Gasteiger partial charge in [0.25, 0.3) is 0 Å². The van der Waals surface area contributed by atoms with E-state index in [1.165, 1.54) is 24.3 Å². The predicted octanol–water partition coefficient (Wildman–Crippen LogP) is -3.08. The minimum absolute atomic E-state index is 0. The Balaban J connectivity index is 0.00000281. The first-order chi connectivity index (χ1) is 22.1. The monoisotopic (exact) mass is 770 g/mol. The maximum absolute atomic E-state index is 12.6. The van der Waals surface area contributed by atoms with Crippen molar-refractivity contribution >= 4 is 54.6 Å². The van der Waals surface area contributed by atoms with Crippen molar-refractivity contribution in [2.75, 3.05) is 16.8 Å². The number of anilines is 1. The average Bonchev–Trinajstić information content (AvgIpc) is 2.91. The van der Waals surface area contributed by atoms with E-state index in [4.69, 9.17) is 9.73 Å². The third-order valence-electron chi connectivity index (χ3n) is 8.03. The van der Waals surface area contributed by atoms with Crippen molar-refractivity contribution in [3.63, 3.8) is 0 Å². The smallest absolute Gasteiger partial charge is 0.748 e. The molecule has 0 atom stereocenters. The Labute approximate surface area is 373 Å². The Morgan fingerprint density at radius 3 is 1.98 bits per heavy atom. The van der Waals surface area contributed by atoms with Crippen molar-refractivity contribution in [3.05, 3.63) is 98.6 Å². The normalized spacial score (nSPS) is 16.5. The molecule has 0 fully saturated rings. The van der Waals surface area contributed by atoms with Gasteiger partial charge in [0.15, 0.2) is 0 Å². The van der Waals surface area contributed by atoms with Gasteiger partial charge in [-0.1, -0.05) is 12.2 Å². The van der Waals surface area contributed by atoms with Crippen LogP contribution in [0.5, 0.6) is 11.5 Å². The molecule has 0 aliphatic carbocycles. The molecule has 0 saturated heterocycles. The average molecular weight is 771 g/mol. The summed E-state index contributed by atoms with van der Waals surface area (Å²) >= 11 is 0. The second kappa shape index (κ2) is 14.4. The summed E-state index contributed by atoms with van der Waals surface area (Å²) in [6.45, 7) is 7.01. The van der Waals surface area contributed by atoms with Crippen LogP contribution >= 0.6 is 0 Å². The molecule has 6 rings (SSSR count). The fourth-order valence-corrected chi connectivity index (χ4v) is 7.65. The van der Waals surface area contributed by atoms with E-state index in [2.05, 4.69) is 5.32 Å². The number of hydrogen-bond donors (Lipinski definition) is 3. The van der Waals surface area contributed by atoms with Gasteiger partial charge >= 0.3 is 115 Å². The number of carbonyl (C=O) groups is 2. The number of ether oxygens (including phenoxy) is 1. The largest absolute Gasteiger partial charge is 1.00 e. The van der Waals surface area contributed by atoms with Crippen molar-refractivity contribution in [1.82, 2.24) is 0 Å². The third kappa shape index (κ3) is 8.63. The molecule has 0 saturated carbocycles. The molecule has 0 radical (unpaired) electrons. The Hall–Kier alpha value is -1.56. The molecule has 3 N–H and O–H groups in total. The molecule has 0 bridgehead atoms. The Morgan fingerprint density at radius 1 is 0.780 bits per heavy atom. The zero-order valence-corrected chi connectivity index (χ0v) is 35.8. The Bertz CT molecular complexity index is 2420. The molecule has 3 aromatic carbocycles. The Morgan fingerprint density at radius 2 is 1.40 bits per heavy atom. The number of aromatic carboxylic acids is 2. The van der Waals surface area contributed by atoms with Crippen LogP contribution in [0.2, 0.25) is 0 Å². The van der Waals surface area contributed by atoms with E-state index in [0.29, 0.717) is 16.6 Å². The summed E-state index contributed by atoms with van der Waals surface area (Å²) in [6, 6.07) is 9.64. The van der Waals surface area contributed by atoms with Crippen LogP contribution in [-0.4, -0.2) is 70.7 Å². The van der Waals surface area contributed by atoms with Crippen molar-refractivity contribution in [3.8, 4) is 11.5 Å². The molecule has 0 spiro atoms. The van der Waals surface area contributed by atoms with Crippen LogP contribution in [0.1, 0.15) is 70.7 Å². The van der Waals surface area contributed by atoms with Crippen molar-refractivity contribution in [2.24, 2.45) is 4.99 Å². The number of nitrogens with zero attached hydrogens (tertiary/aromatic N) is 1. The summed E-state index contributed by atoms with van der Waals surface area (Å²) in [5.74, 6) is -4.04. The maximum Gasteiger partial charge on any atom is 1.00 e. The zero-order chi connectivity index (χ0) is 35.1. The van der Waals surface area contributed by atoms with E-state index in [0.717, 1.165) is 12.1 Å². The summed E-state index contributed by atoms with van der Waals surface area (Å²) in [5.41, 5.74) is -0.456. The van der Waals surface area contributed by atoms with Gasteiger partial charge in [0, 0.05) is 45.3 Å². The van der Waals surface area contributed by atoms with Gasteiger partial charge in [-0.3, -0.25) is 4.99 Å². The molecule has 3 aliphatic rings. The van der Waals surface area contributed by atoms with Gasteiger partial charge in [0.1, 0.15) is 11.5 Å². The van der Waals surface area contributed by atoms with Crippen molar-refractivity contribution < 1.29 is 153 Å². The number of fused-ring (bicyclic) bond motifs is 4. The van der Waals surface area contributed by atoms with Crippen LogP contribution in [0.4, 0.5) is 5.69 Å². The molecule has 50 heavy (non-hydrogen) atoms. The van der Waals surface area contributed by atoms with E-state index in [-0.39, 0.29) is 164 Å². The van der Waals surface area contributed by atoms with Gasteiger partial charge in [-0.2, -0.15) is 0 Å². The molecule has 3 aliphatic heterocycles. The minimum Gasteiger partial charge on any atom is -0.748 e. The number of carboxylic acid groups (broad SMARTS) is 2. The van der Waals surface area contributed by atoms with Crippen molar-refractivity contribution in [2.45, 2.75) is 38.8 Å². The summed E-state index contributed by atoms with van der Waals surface area (Å²) in [7, 11) is -9.50. The topological polar surface area (TPSA) is 223 Å².